The number of carbonyl (C=O) groups excluding carboxylic acids is 6. The molecule has 0 saturated heterocycles. The second-order valence-electron chi connectivity index (χ2n) is 24.1. The highest BCUT2D eigenvalue weighted by Crippen LogP contribution is 2.31. The first kappa shape index (κ1) is 88.3. The molecule has 0 aromatic heterocycles. The van der Waals surface area contributed by atoms with Gasteiger partial charge in [-0.15, -0.1) is 12.4 Å². The van der Waals surface area contributed by atoms with Crippen molar-refractivity contribution in [1.29, 1.82) is 0 Å². The lowest BCUT2D eigenvalue weighted by atomic mass is 10.1. The maximum absolute atomic E-state index is 11.7. The molecule has 534 valence electrons. The minimum absolute atomic E-state index is 0. The van der Waals surface area contributed by atoms with Crippen molar-refractivity contribution < 1.29 is 67.5 Å². The van der Waals surface area contributed by atoms with Crippen molar-refractivity contribution in [2.45, 2.75) is 125 Å². The van der Waals surface area contributed by atoms with Crippen LogP contribution in [0.2, 0.25) is 25.1 Å². The van der Waals surface area contributed by atoms with E-state index in [4.69, 9.17) is 121 Å². The Balaban J connectivity index is 0.00000115. The van der Waals surface area contributed by atoms with Crippen molar-refractivity contribution in [3.63, 3.8) is 0 Å². The van der Waals surface area contributed by atoms with E-state index >= 15 is 0 Å². The predicted octanol–water partition coefficient (Wildman–Crippen LogP) is 12.8. The first-order chi connectivity index (χ1) is 44.2. The first-order valence-electron chi connectivity index (χ1n) is 28.9. The molecule has 0 atom stereocenters. The van der Waals surface area contributed by atoms with E-state index in [1.165, 1.54) is 17.7 Å². The number of carboxylic acids is 2. The number of fused-ring (bicyclic) bond motifs is 2. The number of aliphatic imine (C=N–C) groups is 2. The number of nitrogen functional groups attached to an aromatic ring is 4. The van der Waals surface area contributed by atoms with Gasteiger partial charge in [0.25, 0.3) is 5.97 Å². The molecular weight excluding hydrogens is 1390 g/mol. The Morgan fingerprint density at radius 2 is 0.773 bits per heavy atom. The van der Waals surface area contributed by atoms with Gasteiger partial charge in [-0.25, -0.2) is 19.2 Å². The molecule has 27 nitrogen and oxygen atoms in total. The minimum atomic E-state index is -1.10. The summed E-state index contributed by atoms with van der Waals surface area (Å²) in [5.41, 5.74) is 34.2. The lowest BCUT2D eigenvalue weighted by Gasteiger charge is -2.19. The third-order valence-electron chi connectivity index (χ3n) is 10.5. The molecule has 2 aliphatic rings. The van der Waals surface area contributed by atoms with E-state index in [2.05, 4.69) is 41.9 Å². The molecule has 0 bridgehead atoms. The summed E-state index contributed by atoms with van der Waals surface area (Å²) in [6.07, 6.45) is -0.893. The van der Waals surface area contributed by atoms with Gasteiger partial charge < -0.3 is 89.7 Å². The SMILES string of the molecule is CC(=O)O.CC(C)(C)OC(=O)NCC(=O)Nc1cc(Cl)ccc1N.CC(C)(C)OC(=O)NCC(=O)Nc1ccc(Cl)cc1N.CC(C)(C)OC(=O)NCC(=O)O.CC(C)(C)OC(=O)NCC1=Nc2ccc(Cl)cc2C1.Cl.NCC1=Nc2ccc(Cl)cc2C1.Nc1ccc(Cl)cc1N. The van der Waals surface area contributed by atoms with Crippen molar-refractivity contribution in [2.75, 3.05) is 66.3 Å². The van der Waals surface area contributed by atoms with Crippen LogP contribution in [0.25, 0.3) is 0 Å². The fourth-order valence-corrected chi connectivity index (χ4v) is 7.71. The van der Waals surface area contributed by atoms with Gasteiger partial charge in [-0.2, -0.15) is 0 Å². The topological polar surface area (TPSA) is 441 Å². The molecule has 0 saturated carbocycles. The third-order valence-corrected chi connectivity index (χ3v) is 11.7. The number of benzene rings is 5. The Morgan fingerprint density at radius 1 is 0.443 bits per heavy atom. The summed E-state index contributed by atoms with van der Waals surface area (Å²) in [4.78, 5) is 96.2. The van der Waals surface area contributed by atoms with Crippen molar-refractivity contribution >= 4 is 175 Å². The monoisotopic (exact) mass is 1470 g/mol. The number of carbonyl (C=O) groups is 8. The summed E-state index contributed by atoms with van der Waals surface area (Å²) in [7, 11) is 0. The van der Waals surface area contributed by atoms with Gasteiger partial charge in [0.05, 0.1) is 52.0 Å². The van der Waals surface area contributed by atoms with Gasteiger partial charge in [0, 0.05) is 62.8 Å². The third kappa shape index (κ3) is 42.5. The highest BCUT2D eigenvalue weighted by molar-refractivity contribution is 6.32. The molecule has 2 aliphatic heterocycles. The number of ether oxygens (including phenoxy) is 4. The standard InChI is InChI=1S/C14H17ClN2O2.2C13H18ClN3O3.C9H9ClN2.C7H13NO4.C6H7ClN2.C2H4O2.ClH/c1-14(2,3)19-13(18)16-8-11-7-9-6-10(15)4-5-12(9)17-11;1-13(2,3)20-12(19)16-7-11(18)17-10-5-4-8(14)6-9(10)15;1-13(2,3)20-12(19)16-7-11(18)17-10-6-8(14)4-5-9(10)15;10-7-1-2-9-6(3-7)4-8(5-11)12-9;1-7(2,3)12-6(11)8-4-5(9)10;7-4-1-2-5(8)6(9)3-4;1-2(3)4;/h4-6H,7-8H2,1-3H3,(H,16,18);2*4-6H,7,15H2,1-3H3,(H,16,19)(H,17,18);1-3H,4-5,11H2;4H2,1-3H3,(H,8,11)(H,9,10);1-3H,8-9H2;1H3,(H,3,4);1H. The van der Waals surface area contributed by atoms with E-state index in [1.807, 2.05) is 57.2 Å². The first-order valence-corrected chi connectivity index (χ1v) is 30.8. The second-order valence-corrected chi connectivity index (χ2v) is 26.3. The van der Waals surface area contributed by atoms with Gasteiger partial charge in [0.1, 0.15) is 42.0 Å². The molecule has 0 aliphatic carbocycles. The zero-order chi connectivity index (χ0) is 73.5. The number of halogens is 6. The van der Waals surface area contributed by atoms with E-state index < -0.39 is 77.1 Å². The molecule has 0 fully saturated rings. The fraction of sp³-hybridized carbons (Fsp3) is 0.375. The van der Waals surface area contributed by atoms with Crippen LogP contribution in [0.15, 0.2) is 101 Å². The van der Waals surface area contributed by atoms with Crippen LogP contribution < -0.4 is 60.6 Å². The molecule has 6 amide bonds. The van der Waals surface area contributed by atoms with Crippen LogP contribution >= 0.6 is 70.4 Å². The van der Waals surface area contributed by atoms with Crippen molar-refractivity contribution in [3.05, 3.63) is 127 Å². The van der Waals surface area contributed by atoms with E-state index in [1.54, 1.807) is 105 Å². The number of hydrogen-bond donors (Lipinski definition) is 13. The van der Waals surface area contributed by atoms with Crippen LogP contribution in [0.3, 0.4) is 0 Å². The van der Waals surface area contributed by atoms with Gasteiger partial charge in [0.15, 0.2) is 0 Å². The maximum Gasteiger partial charge on any atom is 0.408 e. The Labute approximate surface area is 595 Å². The molecule has 33 heteroatoms. The largest absolute Gasteiger partial charge is 0.481 e. The summed E-state index contributed by atoms with van der Waals surface area (Å²) in [6.45, 7) is 22.2. The normalized spacial score (nSPS) is 11.4. The van der Waals surface area contributed by atoms with E-state index in [0.717, 1.165) is 46.7 Å². The van der Waals surface area contributed by atoms with Crippen molar-refractivity contribution in [1.82, 2.24) is 21.3 Å². The fourth-order valence-electron chi connectivity index (χ4n) is 6.79. The van der Waals surface area contributed by atoms with Crippen molar-refractivity contribution in [3.8, 4) is 0 Å². The van der Waals surface area contributed by atoms with E-state index in [0.29, 0.717) is 73.7 Å². The Hall–Kier alpha value is -8.70. The average molecular weight is 1480 g/mol. The molecule has 97 heavy (non-hydrogen) atoms. The van der Waals surface area contributed by atoms with Gasteiger partial charge in [0.2, 0.25) is 11.8 Å². The van der Waals surface area contributed by atoms with Crippen LogP contribution in [-0.4, -0.2) is 125 Å². The Kier molecular flexibility index (Phi) is 38.3. The number of hydrogen-bond acceptors (Lipinski definition) is 19. The second kappa shape index (κ2) is 42.1. The predicted molar refractivity (Wildman–Crippen MR) is 388 cm³/mol. The molecule has 18 N–H and O–H groups in total. The highest BCUT2D eigenvalue weighted by Gasteiger charge is 2.22. The lowest BCUT2D eigenvalue weighted by Crippen LogP contribution is -2.37. The summed E-state index contributed by atoms with van der Waals surface area (Å²) in [5, 5.41) is 33.2. The highest BCUT2D eigenvalue weighted by atomic mass is 35.5. The van der Waals surface area contributed by atoms with Crippen molar-refractivity contribution in [2.24, 2.45) is 15.7 Å². The summed E-state index contributed by atoms with van der Waals surface area (Å²) in [6, 6.07) is 25.8. The van der Waals surface area contributed by atoms with Gasteiger partial charge in [-0.1, -0.05) is 58.0 Å². The number of amides is 6. The summed E-state index contributed by atoms with van der Waals surface area (Å²) < 4.78 is 20.0. The molecule has 0 unspecified atom stereocenters. The van der Waals surface area contributed by atoms with Gasteiger partial charge in [-0.05, 0) is 185 Å². The van der Waals surface area contributed by atoms with Crippen LogP contribution in [0.1, 0.15) is 101 Å². The molecule has 5 aromatic carbocycles. The number of nitrogens with one attached hydrogen (secondary N) is 6. The number of carboxylic acid groups (broad SMARTS) is 2. The smallest absolute Gasteiger partial charge is 0.408 e. The molecule has 2 heterocycles. The van der Waals surface area contributed by atoms with Gasteiger partial charge in [-0.3, -0.25) is 29.2 Å². The minimum Gasteiger partial charge on any atom is -0.481 e. The number of rotatable bonds is 11. The van der Waals surface area contributed by atoms with E-state index in [9.17, 15) is 33.6 Å². The number of anilines is 6. The number of alkyl carbamates (subject to hydrolysis) is 4. The number of aliphatic carboxylic acids is 2. The molecule has 0 spiro atoms. The molecular formula is C64H87Cl6N13O14. The Morgan fingerprint density at radius 3 is 1.15 bits per heavy atom. The summed E-state index contributed by atoms with van der Waals surface area (Å²) >= 11 is 28.9. The zero-order valence-electron chi connectivity index (χ0n) is 56.0. The summed E-state index contributed by atoms with van der Waals surface area (Å²) in [5.74, 6) is -2.77. The van der Waals surface area contributed by atoms with Crippen LogP contribution in [0, 0.1) is 0 Å². The van der Waals surface area contributed by atoms with Crippen LogP contribution in [0.4, 0.5) is 64.7 Å². The van der Waals surface area contributed by atoms with E-state index in [-0.39, 0.29) is 25.5 Å². The number of nitrogens with zero attached hydrogens (tertiary/aromatic N) is 2. The van der Waals surface area contributed by atoms with Crippen LogP contribution in [0.5, 0.6) is 0 Å². The lowest BCUT2D eigenvalue weighted by molar-refractivity contribution is -0.136. The van der Waals surface area contributed by atoms with Crippen LogP contribution in [-0.2, 0) is 51.0 Å². The zero-order valence-corrected chi connectivity index (χ0v) is 60.6. The molecule has 5 aromatic rings. The number of nitrogens with two attached hydrogens (primary N) is 5. The quantitative estimate of drug-likeness (QED) is 0.0431. The Bertz CT molecular complexity index is 3550. The molecule has 7 rings (SSSR count). The van der Waals surface area contributed by atoms with Gasteiger partial charge >= 0.3 is 30.3 Å². The maximum atomic E-state index is 11.7. The average Bonchev–Trinajstić information content (AvgIpc) is 1.71. The molecule has 0 radical (unpaired) electrons.